The Kier molecular flexibility index (Phi) is 1.85. The number of carboxylic acids is 1. The van der Waals surface area contributed by atoms with Crippen LogP contribution in [0.2, 0.25) is 0 Å². The maximum absolute atomic E-state index is 11.2. The fourth-order valence-electron chi connectivity index (χ4n) is 1.27. The van der Waals surface area contributed by atoms with Gasteiger partial charge in [0.2, 0.25) is 0 Å². The lowest BCUT2D eigenvalue weighted by Gasteiger charge is -2.13. The van der Waals surface area contributed by atoms with Crippen LogP contribution in [0.15, 0.2) is 33.8 Å². The Balaban J connectivity index is 2.41. The third kappa shape index (κ3) is 1.28. The lowest BCUT2D eigenvalue weighted by atomic mass is 9.95. The number of hydrogen-bond acceptors (Lipinski definition) is 3. The molecule has 0 radical (unpaired) electrons. The van der Waals surface area contributed by atoms with Gasteiger partial charge in [-0.1, -0.05) is 12.2 Å². The number of nitrogens with zero attached hydrogens (tertiary/aromatic N) is 2. The molecular weight excluding hydrogens is 184 g/mol. The van der Waals surface area contributed by atoms with Crippen LogP contribution < -0.4 is 0 Å². The van der Waals surface area contributed by atoms with E-state index >= 15 is 0 Å². The minimum Gasteiger partial charge on any atom is -0.481 e. The molecule has 14 heavy (non-hydrogen) atoms. The predicted molar refractivity (Wildman–Crippen MR) is 49.3 cm³/mol. The van der Waals surface area contributed by atoms with Gasteiger partial charge in [0.25, 0.3) is 5.91 Å². The number of allylic oxidation sites excluding steroid dienone is 1. The fraction of sp³-hybridized carbons (Fsp3) is 0.111. The molecule has 1 aliphatic carbocycles. The van der Waals surface area contributed by atoms with Crippen molar-refractivity contribution in [2.45, 2.75) is 0 Å². The number of carbonyl (C=O) groups is 2. The Labute approximate surface area is 79.2 Å². The van der Waals surface area contributed by atoms with Crippen LogP contribution in [0.1, 0.15) is 0 Å². The summed E-state index contributed by atoms with van der Waals surface area (Å²) in [6.07, 6.45) is 5.54. The van der Waals surface area contributed by atoms with E-state index in [4.69, 9.17) is 5.11 Å². The number of aliphatic carboxylic acids is 1. The smallest absolute Gasteiger partial charge is 0.314 e. The molecule has 0 aromatic heterocycles. The maximum atomic E-state index is 11.2. The van der Waals surface area contributed by atoms with Crippen LogP contribution in [0.4, 0.5) is 0 Å². The van der Waals surface area contributed by atoms with Gasteiger partial charge in [-0.05, 0) is 6.08 Å². The van der Waals surface area contributed by atoms with E-state index in [2.05, 4.69) is 9.98 Å². The number of carboxylic acid groups (broad SMARTS) is 1. The number of amides is 1. The van der Waals surface area contributed by atoms with Gasteiger partial charge in [-0.2, -0.15) is 4.99 Å². The summed E-state index contributed by atoms with van der Waals surface area (Å²) in [6.45, 7) is 0. The van der Waals surface area contributed by atoms with E-state index in [1.54, 1.807) is 0 Å². The molecule has 0 spiro atoms. The molecule has 5 heteroatoms. The van der Waals surface area contributed by atoms with E-state index in [0.717, 1.165) is 0 Å². The van der Waals surface area contributed by atoms with E-state index in [0.29, 0.717) is 5.71 Å². The van der Waals surface area contributed by atoms with Crippen molar-refractivity contribution in [3.63, 3.8) is 0 Å². The van der Waals surface area contributed by atoms with Gasteiger partial charge < -0.3 is 5.11 Å². The molecule has 1 atom stereocenters. The minimum absolute atomic E-state index is 0.266. The number of carbonyl (C=O) groups excluding carboxylic acids is 1. The first-order chi connectivity index (χ1) is 6.68. The molecule has 1 aliphatic heterocycles. The molecule has 2 rings (SSSR count). The maximum Gasteiger partial charge on any atom is 0.314 e. The zero-order chi connectivity index (χ0) is 10.1. The highest BCUT2D eigenvalue weighted by Crippen LogP contribution is 2.17. The second-order valence-corrected chi connectivity index (χ2v) is 2.87. The van der Waals surface area contributed by atoms with Crippen LogP contribution in [0.25, 0.3) is 0 Å². The molecule has 0 bridgehead atoms. The van der Waals surface area contributed by atoms with Crippen molar-refractivity contribution in [1.29, 1.82) is 0 Å². The standard InChI is InChI=1S/C9H6N2O3/c12-8-6-3-5(9(13)14)1-2-7(6)10-4-11-8/h1-5H,(H,13,14). The topological polar surface area (TPSA) is 79.1 Å². The normalized spacial score (nSPS) is 24.0. The average molecular weight is 190 g/mol. The molecule has 0 saturated heterocycles. The second-order valence-electron chi connectivity index (χ2n) is 2.87. The number of hydrogen-bond donors (Lipinski definition) is 1. The molecule has 0 fully saturated rings. The van der Waals surface area contributed by atoms with Gasteiger partial charge in [0, 0.05) is 0 Å². The first-order valence-corrected chi connectivity index (χ1v) is 3.96. The SMILES string of the molecule is O=C1N=CN=C2C=CC(C(=O)O)C=C12. The van der Waals surface area contributed by atoms with Crippen molar-refractivity contribution in [3.05, 3.63) is 23.8 Å². The van der Waals surface area contributed by atoms with Crippen LogP contribution >= 0.6 is 0 Å². The number of rotatable bonds is 1. The van der Waals surface area contributed by atoms with Crippen molar-refractivity contribution >= 4 is 23.9 Å². The van der Waals surface area contributed by atoms with Crippen LogP contribution in [0.5, 0.6) is 0 Å². The van der Waals surface area contributed by atoms with Gasteiger partial charge in [-0.15, -0.1) is 0 Å². The van der Waals surface area contributed by atoms with Crippen LogP contribution in [-0.2, 0) is 9.59 Å². The lowest BCUT2D eigenvalue weighted by molar-refractivity contribution is -0.138. The van der Waals surface area contributed by atoms with Gasteiger partial charge in [0.15, 0.2) is 0 Å². The number of aliphatic imine (C=N–C) groups is 2. The Morgan fingerprint density at radius 3 is 3.00 bits per heavy atom. The summed E-state index contributed by atoms with van der Waals surface area (Å²) >= 11 is 0. The predicted octanol–water partition coefficient (Wildman–Crippen LogP) is 0.193. The largest absolute Gasteiger partial charge is 0.481 e. The van der Waals surface area contributed by atoms with Gasteiger partial charge in [0.05, 0.1) is 17.2 Å². The third-order valence-corrected chi connectivity index (χ3v) is 1.97. The van der Waals surface area contributed by atoms with E-state index in [1.807, 2.05) is 0 Å². The molecule has 1 amide bonds. The highest BCUT2D eigenvalue weighted by atomic mass is 16.4. The molecule has 1 heterocycles. The Morgan fingerprint density at radius 1 is 1.50 bits per heavy atom. The molecule has 0 aromatic carbocycles. The monoisotopic (exact) mass is 190 g/mol. The third-order valence-electron chi connectivity index (χ3n) is 1.97. The Morgan fingerprint density at radius 2 is 2.29 bits per heavy atom. The molecule has 70 valence electrons. The summed E-state index contributed by atoms with van der Waals surface area (Å²) in [5, 5.41) is 8.73. The van der Waals surface area contributed by atoms with Gasteiger partial charge in [0.1, 0.15) is 6.34 Å². The first-order valence-electron chi connectivity index (χ1n) is 3.96. The molecule has 2 aliphatic rings. The minimum atomic E-state index is -0.991. The van der Waals surface area contributed by atoms with Crippen molar-refractivity contribution in [3.8, 4) is 0 Å². The zero-order valence-corrected chi connectivity index (χ0v) is 7.04. The average Bonchev–Trinajstić information content (AvgIpc) is 2.18. The summed E-state index contributed by atoms with van der Waals surface area (Å²) in [7, 11) is 0. The highest BCUT2D eigenvalue weighted by molar-refractivity contribution is 6.31. The van der Waals surface area contributed by atoms with Crippen molar-refractivity contribution in [2.75, 3.05) is 0 Å². The van der Waals surface area contributed by atoms with Crippen LogP contribution in [-0.4, -0.2) is 29.0 Å². The first kappa shape index (κ1) is 8.55. The van der Waals surface area contributed by atoms with Gasteiger partial charge in [-0.3, -0.25) is 9.59 Å². The van der Waals surface area contributed by atoms with Crippen LogP contribution in [0.3, 0.4) is 0 Å². The van der Waals surface area contributed by atoms with Gasteiger partial charge in [-0.25, -0.2) is 4.99 Å². The summed E-state index contributed by atoms with van der Waals surface area (Å²) in [6, 6.07) is 0. The Hall–Kier alpha value is -2.04. The molecule has 0 aromatic rings. The molecule has 5 nitrogen and oxygen atoms in total. The molecule has 1 unspecified atom stereocenters. The lowest BCUT2D eigenvalue weighted by Crippen LogP contribution is -2.21. The summed E-state index contributed by atoms with van der Waals surface area (Å²) < 4.78 is 0. The van der Waals surface area contributed by atoms with Crippen LogP contribution in [0, 0.1) is 5.92 Å². The number of fused-ring (bicyclic) bond motifs is 1. The molecule has 0 saturated carbocycles. The summed E-state index contributed by atoms with van der Waals surface area (Å²) in [5.74, 6) is -2.19. The zero-order valence-electron chi connectivity index (χ0n) is 7.04. The van der Waals surface area contributed by atoms with Crippen molar-refractivity contribution in [1.82, 2.24) is 0 Å². The second kappa shape index (κ2) is 3.02. The van der Waals surface area contributed by atoms with E-state index in [1.165, 1.54) is 24.6 Å². The quantitative estimate of drug-likeness (QED) is 0.641. The van der Waals surface area contributed by atoms with E-state index in [-0.39, 0.29) is 5.57 Å². The van der Waals surface area contributed by atoms with Crippen molar-refractivity contribution in [2.24, 2.45) is 15.9 Å². The van der Waals surface area contributed by atoms with Crippen molar-refractivity contribution < 1.29 is 14.7 Å². The fourth-order valence-corrected chi connectivity index (χ4v) is 1.27. The molecular formula is C9H6N2O3. The summed E-state index contributed by atoms with van der Waals surface area (Å²) in [4.78, 5) is 29.2. The highest BCUT2D eigenvalue weighted by Gasteiger charge is 2.24. The van der Waals surface area contributed by atoms with E-state index in [9.17, 15) is 9.59 Å². The van der Waals surface area contributed by atoms with E-state index < -0.39 is 17.8 Å². The van der Waals surface area contributed by atoms with Gasteiger partial charge >= 0.3 is 5.97 Å². The summed E-state index contributed by atoms with van der Waals surface area (Å²) in [5.41, 5.74) is 0.741. The molecule has 1 N–H and O–H groups in total. The Bertz CT molecular complexity index is 429.